The van der Waals surface area contributed by atoms with Gasteiger partial charge in [-0.1, -0.05) is 130 Å². The van der Waals surface area contributed by atoms with Crippen molar-refractivity contribution >= 4 is 35.7 Å². The number of rotatable bonds is 6. The Labute approximate surface area is 200 Å². The minimum absolute atomic E-state index is 0.490. The molecule has 0 spiro atoms. The lowest BCUT2D eigenvalue weighted by atomic mass is 9.27. The summed E-state index contributed by atoms with van der Waals surface area (Å²) >= 11 is 0. The number of halogens is 1. The highest BCUT2D eigenvalue weighted by molar-refractivity contribution is 7.91. The number of benzene rings is 3. The van der Waals surface area contributed by atoms with Crippen molar-refractivity contribution in [3.05, 3.63) is 84.9 Å². The fourth-order valence-electron chi connectivity index (χ4n) is 6.62. The van der Waals surface area contributed by atoms with Crippen molar-refractivity contribution in [2.45, 2.75) is 75.8 Å². The smallest absolute Gasteiger partial charge is 0.0638 e. The van der Waals surface area contributed by atoms with Gasteiger partial charge in [0.2, 0.25) is 0 Å². The average Bonchev–Trinajstić information content (AvgIpc) is 2.91. The van der Waals surface area contributed by atoms with Gasteiger partial charge in [0.15, 0.2) is 6.71 Å². The maximum absolute atomic E-state index is 17.9. The molecule has 0 nitrogen and oxygen atoms in total. The topological polar surface area (TPSA) is 0 Å². The van der Waals surface area contributed by atoms with Gasteiger partial charge in [-0.3, -0.25) is 0 Å². The van der Waals surface area contributed by atoms with Crippen molar-refractivity contribution in [3.63, 3.8) is 0 Å². The van der Waals surface area contributed by atoms with Gasteiger partial charge in [-0.05, 0) is 40.0 Å². The first-order valence-electron chi connectivity index (χ1n) is 13.1. The molecular weight excluding hydrogens is 421 g/mol. The monoisotopic (exact) mass is 457 g/mol. The van der Waals surface area contributed by atoms with Crippen LogP contribution in [0.15, 0.2) is 84.9 Å². The fraction of sp³-hybridized carbons (Fsp3) is 0.400. The summed E-state index contributed by atoms with van der Waals surface area (Å²) in [5.41, 5.74) is 1.32. The van der Waals surface area contributed by atoms with Crippen LogP contribution < -0.4 is 21.4 Å². The van der Waals surface area contributed by atoms with Crippen LogP contribution in [0.25, 0.3) is 0 Å². The Hall–Kier alpha value is -1.92. The van der Waals surface area contributed by atoms with Crippen molar-refractivity contribution in [2.75, 3.05) is 0 Å². The first-order valence-corrected chi connectivity index (χ1v) is 14.8. The van der Waals surface area contributed by atoms with Crippen molar-refractivity contribution in [3.8, 4) is 0 Å². The van der Waals surface area contributed by atoms with Gasteiger partial charge in [-0.25, -0.2) is 0 Å². The summed E-state index contributed by atoms with van der Waals surface area (Å²) in [5, 5.41) is 2.66. The zero-order chi connectivity index (χ0) is 22.5. The molecule has 170 valence electrons. The number of hydrogen-bond acceptors (Lipinski definition) is 0. The highest BCUT2D eigenvalue weighted by Crippen LogP contribution is 2.57. The molecule has 2 aliphatic carbocycles. The second-order valence-corrected chi connectivity index (χ2v) is 12.8. The summed E-state index contributed by atoms with van der Waals surface area (Å²) in [4.78, 5) is 0. The summed E-state index contributed by atoms with van der Waals surface area (Å²) < 4.78 is 17.9. The van der Waals surface area contributed by atoms with Gasteiger partial charge >= 0.3 is 0 Å². The largest absolute Gasteiger partial charge is 0.298 e. The van der Waals surface area contributed by atoms with Crippen LogP contribution in [0, 0.1) is 0 Å². The lowest BCUT2D eigenvalue weighted by Crippen LogP contribution is -2.50. The van der Waals surface area contributed by atoms with Crippen LogP contribution in [0.2, 0.25) is 11.6 Å². The predicted molar refractivity (Wildman–Crippen MR) is 145 cm³/mol. The molecule has 3 aromatic rings. The van der Waals surface area contributed by atoms with E-state index in [1.54, 1.807) is 0 Å². The van der Waals surface area contributed by atoms with E-state index in [-0.39, 0.29) is 0 Å². The molecule has 5 rings (SSSR count). The molecule has 0 radical (unpaired) electrons. The van der Waals surface area contributed by atoms with Crippen LogP contribution in [-0.2, 0) is 0 Å². The summed E-state index contributed by atoms with van der Waals surface area (Å²) in [6.07, 6.45) is 13.3. The first kappa shape index (κ1) is 22.9. The molecule has 2 fully saturated rings. The van der Waals surface area contributed by atoms with Gasteiger partial charge < -0.3 is 0 Å². The van der Waals surface area contributed by atoms with E-state index in [2.05, 4.69) is 24.3 Å². The van der Waals surface area contributed by atoms with Crippen LogP contribution in [0.5, 0.6) is 0 Å². The SMILES string of the molecule is F[P+](c1ccccc1)(c1ccccc1)c1ccccc1B(C1CCCCC1)C1CCCCC1. The van der Waals surface area contributed by atoms with Crippen LogP contribution in [-0.4, -0.2) is 6.71 Å². The van der Waals surface area contributed by atoms with E-state index in [9.17, 15) is 0 Å². The average molecular weight is 457 g/mol. The number of hydrogen-bond donors (Lipinski definition) is 0. The molecule has 3 aromatic carbocycles. The molecule has 0 heterocycles. The molecule has 2 aliphatic rings. The van der Waals surface area contributed by atoms with Gasteiger partial charge in [0.1, 0.15) is 15.9 Å². The molecule has 33 heavy (non-hydrogen) atoms. The Bertz CT molecular complexity index is 952. The summed E-state index contributed by atoms with van der Waals surface area (Å²) in [7, 11) is -3.22. The summed E-state index contributed by atoms with van der Waals surface area (Å²) in [5.74, 6) is 1.39. The third kappa shape index (κ3) is 4.70. The van der Waals surface area contributed by atoms with E-state index in [1.165, 1.54) is 69.7 Å². The summed E-state index contributed by atoms with van der Waals surface area (Å²) in [6, 6.07) is 28.7. The van der Waals surface area contributed by atoms with Gasteiger partial charge in [-0.2, -0.15) is 0 Å². The Balaban J connectivity index is 1.68. The maximum Gasteiger partial charge on any atom is 0.298 e. The van der Waals surface area contributed by atoms with Crippen molar-refractivity contribution in [2.24, 2.45) is 0 Å². The van der Waals surface area contributed by atoms with Gasteiger partial charge in [0.25, 0.3) is 7.57 Å². The van der Waals surface area contributed by atoms with Crippen molar-refractivity contribution < 1.29 is 4.20 Å². The highest BCUT2D eigenvalue weighted by atomic mass is 31.2. The van der Waals surface area contributed by atoms with E-state index in [1.807, 2.05) is 60.7 Å². The fourth-order valence-corrected chi connectivity index (χ4v) is 9.51. The standard InChI is InChI=1S/C30H36BFP/c32-33(27-19-9-3-10-20-27,28-21-11-4-12-22-28)30-24-14-13-23-29(30)31(25-15-5-1-6-16-25)26-17-7-2-8-18-26/h3-4,9-14,19-26H,1-2,5-8,15-18H2/q+1. The summed E-state index contributed by atoms with van der Waals surface area (Å²) in [6.45, 7) is 0.490. The van der Waals surface area contributed by atoms with Crippen molar-refractivity contribution in [1.82, 2.24) is 0 Å². The Morgan fingerprint density at radius 3 is 1.45 bits per heavy atom. The molecular formula is C30H36BFP+. The van der Waals surface area contributed by atoms with Crippen LogP contribution in [0.4, 0.5) is 4.20 Å². The van der Waals surface area contributed by atoms with Gasteiger partial charge in [0.05, 0.1) is 0 Å². The third-order valence-electron chi connectivity index (χ3n) is 8.17. The molecule has 0 saturated heterocycles. The second-order valence-electron chi connectivity index (χ2n) is 10.1. The van der Waals surface area contributed by atoms with E-state index in [0.29, 0.717) is 18.3 Å². The zero-order valence-electron chi connectivity index (χ0n) is 19.7. The Morgan fingerprint density at radius 2 is 0.970 bits per heavy atom. The Kier molecular flexibility index (Phi) is 7.32. The minimum atomic E-state index is -3.22. The van der Waals surface area contributed by atoms with E-state index in [0.717, 1.165) is 15.9 Å². The second kappa shape index (κ2) is 10.6. The highest BCUT2D eigenvalue weighted by Gasteiger charge is 2.51. The lowest BCUT2D eigenvalue weighted by molar-refractivity contribution is 0.465. The first-order chi connectivity index (χ1) is 16.3. The third-order valence-corrected chi connectivity index (χ3v) is 11.3. The van der Waals surface area contributed by atoms with Crippen LogP contribution >= 0.6 is 7.57 Å². The van der Waals surface area contributed by atoms with Gasteiger partial charge in [0, 0.05) is 0 Å². The molecule has 3 heteroatoms. The van der Waals surface area contributed by atoms with Crippen molar-refractivity contribution in [1.29, 1.82) is 0 Å². The molecule has 0 atom stereocenters. The molecule has 0 aliphatic heterocycles. The Morgan fingerprint density at radius 1 is 0.545 bits per heavy atom. The van der Waals surface area contributed by atoms with E-state index in [4.69, 9.17) is 0 Å². The minimum Gasteiger partial charge on any atom is -0.0638 e. The van der Waals surface area contributed by atoms with Gasteiger partial charge in [-0.15, -0.1) is 0 Å². The molecule has 2 saturated carbocycles. The maximum atomic E-state index is 17.9. The molecule has 0 unspecified atom stereocenters. The zero-order valence-corrected chi connectivity index (χ0v) is 20.6. The molecule has 0 bridgehead atoms. The lowest BCUT2D eigenvalue weighted by Gasteiger charge is -2.36. The van der Waals surface area contributed by atoms with Crippen LogP contribution in [0.1, 0.15) is 64.2 Å². The predicted octanol–water partition coefficient (Wildman–Crippen LogP) is 7.24. The van der Waals surface area contributed by atoms with Crippen LogP contribution in [0.3, 0.4) is 0 Å². The molecule has 0 aromatic heterocycles. The van der Waals surface area contributed by atoms with E-state index < -0.39 is 7.57 Å². The normalized spacial score (nSPS) is 18.2. The van der Waals surface area contributed by atoms with E-state index >= 15 is 4.20 Å². The quantitative estimate of drug-likeness (QED) is 0.271. The molecule has 0 amide bonds. The molecule has 0 N–H and O–H groups in total.